The van der Waals surface area contributed by atoms with E-state index >= 15 is 0 Å². The van der Waals surface area contributed by atoms with Crippen LogP contribution in [-0.2, 0) is 25.5 Å². The number of aliphatic hydroxyl groups is 1. The second-order valence-corrected chi connectivity index (χ2v) is 17.9. The van der Waals surface area contributed by atoms with E-state index in [2.05, 4.69) is 36.4 Å². The summed E-state index contributed by atoms with van der Waals surface area (Å²) in [7, 11) is 0. The van der Waals surface area contributed by atoms with Crippen molar-refractivity contribution in [2.45, 2.75) is 82.5 Å². The number of fused-ring (bicyclic) bond motifs is 2. The first-order chi connectivity index (χ1) is 33.0. The van der Waals surface area contributed by atoms with Gasteiger partial charge < -0.3 is 35.6 Å². The number of carbonyl (C=O) groups is 5. The number of carbonyl (C=O) groups excluding carboxylic acids is 5. The van der Waals surface area contributed by atoms with Crippen LogP contribution >= 0.6 is 0 Å². The summed E-state index contributed by atoms with van der Waals surface area (Å²) in [6.07, 6.45) is 4.81. The van der Waals surface area contributed by atoms with Crippen LogP contribution in [0.25, 0.3) is 10.9 Å². The summed E-state index contributed by atoms with van der Waals surface area (Å²) in [5.74, 6) is -2.57. The third kappa shape index (κ3) is 10.5. The number of unbranched alkanes of at least 4 members (excludes halogenated alkanes) is 3. The van der Waals surface area contributed by atoms with Gasteiger partial charge in [0.1, 0.15) is 17.7 Å². The number of piperazine rings is 1. The minimum absolute atomic E-state index is 0.104. The molecule has 4 aromatic carbocycles. The van der Waals surface area contributed by atoms with Gasteiger partial charge in [-0.3, -0.25) is 39.3 Å². The highest BCUT2D eigenvalue weighted by Gasteiger charge is 2.44. The third-order valence-electron chi connectivity index (χ3n) is 13.3. The first-order valence-electron chi connectivity index (χ1n) is 23.4. The van der Waals surface area contributed by atoms with Gasteiger partial charge >= 0.3 is 0 Å². The van der Waals surface area contributed by atoms with Crippen molar-refractivity contribution in [3.63, 3.8) is 0 Å². The number of piperidine rings is 1. The largest absolute Gasteiger partial charge is 0.385 e. The molecular weight excluding hydrogens is 877 g/mol. The number of nitrogens with zero attached hydrogens (tertiary/aromatic N) is 4. The number of amides is 5. The van der Waals surface area contributed by atoms with Crippen molar-refractivity contribution < 1.29 is 42.6 Å². The van der Waals surface area contributed by atoms with E-state index in [1.165, 1.54) is 12.1 Å². The van der Waals surface area contributed by atoms with Crippen LogP contribution in [0.2, 0.25) is 0 Å². The molecule has 4 aliphatic heterocycles. The summed E-state index contributed by atoms with van der Waals surface area (Å²) in [5.41, 5.74) is 5.57. The number of aliphatic hydroxyl groups excluding tert-OH is 1. The van der Waals surface area contributed by atoms with Crippen LogP contribution in [0.1, 0.15) is 101 Å². The Morgan fingerprint density at radius 1 is 0.838 bits per heavy atom. The molecule has 2 atom stereocenters. The van der Waals surface area contributed by atoms with E-state index in [-0.39, 0.29) is 36.6 Å². The summed E-state index contributed by atoms with van der Waals surface area (Å²) in [4.78, 5) is 69.8. The fourth-order valence-corrected chi connectivity index (χ4v) is 9.59. The molecule has 1 aromatic heterocycles. The molecule has 0 spiro atoms. The van der Waals surface area contributed by atoms with Gasteiger partial charge in [0.05, 0.1) is 11.1 Å². The second-order valence-electron chi connectivity index (χ2n) is 17.9. The maximum atomic E-state index is 14.0. The lowest BCUT2D eigenvalue weighted by molar-refractivity contribution is -0.139. The Hall–Kier alpha value is -6.92. The maximum Gasteiger partial charge on any atom is 0.258 e. The SMILES string of the molecule is O=C1CCC(N2C(=O)c3cc(NCCCCCCC(=O)N4CCN(c5ccc(C(=O)Nc6n[nH]c7ccc(Cc8cc(F)cc(F)c8)cc67)c(NC6CCOCC6)c5)CC4)ccc3C2O)C(=O)N1. The highest BCUT2D eigenvalue weighted by atomic mass is 19.1. The lowest BCUT2D eigenvalue weighted by Crippen LogP contribution is -2.53. The van der Waals surface area contributed by atoms with Gasteiger partial charge in [-0.15, -0.1) is 0 Å². The van der Waals surface area contributed by atoms with E-state index in [4.69, 9.17) is 4.74 Å². The van der Waals surface area contributed by atoms with Crippen LogP contribution in [0, 0.1) is 11.6 Å². The molecule has 5 aromatic rings. The highest BCUT2D eigenvalue weighted by molar-refractivity contribution is 6.11. The number of aromatic nitrogens is 2. The zero-order chi connectivity index (χ0) is 47.3. The van der Waals surface area contributed by atoms with E-state index < -0.39 is 35.7 Å². The summed E-state index contributed by atoms with van der Waals surface area (Å²) < 4.78 is 33.4. The van der Waals surface area contributed by atoms with E-state index in [0.717, 1.165) is 66.4 Å². The Kier molecular flexibility index (Phi) is 13.9. The van der Waals surface area contributed by atoms with Gasteiger partial charge in [-0.1, -0.05) is 25.0 Å². The first kappa shape index (κ1) is 46.2. The fourth-order valence-electron chi connectivity index (χ4n) is 9.59. The van der Waals surface area contributed by atoms with Crippen LogP contribution in [0.4, 0.5) is 31.7 Å². The number of hydrogen-bond donors (Lipinski definition) is 6. The van der Waals surface area contributed by atoms with Crippen molar-refractivity contribution in [1.82, 2.24) is 25.3 Å². The van der Waals surface area contributed by atoms with E-state index in [9.17, 15) is 37.9 Å². The highest BCUT2D eigenvalue weighted by Crippen LogP contribution is 2.37. The van der Waals surface area contributed by atoms with Crippen LogP contribution in [0.5, 0.6) is 0 Å². The zero-order valence-electron chi connectivity index (χ0n) is 37.6. The maximum absolute atomic E-state index is 14.0. The summed E-state index contributed by atoms with van der Waals surface area (Å²) in [6.45, 7) is 4.37. The van der Waals surface area contributed by atoms with Crippen LogP contribution in [-0.4, -0.2) is 113 Å². The quantitative estimate of drug-likeness (QED) is 0.0484. The Balaban J connectivity index is 0.742. The molecule has 3 saturated heterocycles. The number of halogens is 2. The summed E-state index contributed by atoms with van der Waals surface area (Å²) >= 11 is 0. The molecule has 0 radical (unpaired) electrons. The average molecular weight is 932 g/mol. The minimum Gasteiger partial charge on any atom is -0.385 e. The molecule has 0 bridgehead atoms. The van der Waals surface area contributed by atoms with Crippen molar-refractivity contribution in [3.05, 3.63) is 112 Å². The number of benzene rings is 4. The number of anilines is 4. The predicted octanol–water partition coefficient (Wildman–Crippen LogP) is 6.24. The van der Waals surface area contributed by atoms with Gasteiger partial charge in [0.25, 0.3) is 11.8 Å². The van der Waals surface area contributed by atoms with Crippen LogP contribution in [0.15, 0.2) is 72.8 Å². The molecule has 0 aliphatic carbocycles. The molecular formula is C50H55F2N9O7. The monoisotopic (exact) mass is 931 g/mol. The topological polar surface area (TPSA) is 201 Å². The lowest BCUT2D eigenvalue weighted by atomic mass is 10.0. The molecule has 18 heteroatoms. The van der Waals surface area contributed by atoms with Gasteiger partial charge in [-0.2, -0.15) is 5.10 Å². The summed E-state index contributed by atoms with van der Waals surface area (Å²) in [6, 6.07) is 19.1. The van der Waals surface area contributed by atoms with Gasteiger partial charge in [0.2, 0.25) is 17.7 Å². The Labute approximate surface area is 391 Å². The molecule has 68 heavy (non-hydrogen) atoms. The van der Waals surface area contributed by atoms with E-state index in [0.29, 0.717) is 103 Å². The second kappa shape index (κ2) is 20.5. The standard InChI is InChI=1S/C50H55F2N9O7/c51-32-24-31(25-33(52)27-32)23-30-6-11-41-40(26-30)46(58-57-41)56-47(64)38-10-8-36(29-42(38)54-34-14-21-68-22-15-34)59-17-19-60(20-18-59)45(63)5-3-1-2-4-16-53-35-7-9-37-39(28-35)50(67)61(49(37)66)43-12-13-44(62)55-48(43)65/h6-11,24-29,34,43,49,53-54,66H,1-5,12-23H2,(H,55,62,65)(H2,56,57,58,64). The van der Waals surface area contributed by atoms with Gasteiger partial charge in [-0.25, -0.2) is 8.78 Å². The fraction of sp³-hybridized carbons (Fsp3) is 0.400. The number of H-pyrrole nitrogens is 1. The van der Waals surface area contributed by atoms with Crippen molar-refractivity contribution in [1.29, 1.82) is 0 Å². The van der Waals surface area contributed by atoms with Crippen molar-refractivity contribution >= 4 is 63.3 Å². The van der Waals surface area contributed by atoms with E-state index in [1.54, 1.807) is 18.2 Å². The van der Waals surface area contributed by atoms with Gasteiger partial charge in [0, 0.05) is 104 Å². The minimum atomic E-state index is -1.26. The Morgan fingerprint density at radius 2 is 1.62 bits per heavy atom. The Morgan fingerprint density at radius 3 is 2.40 bits per heavy atom. The number of aromatic amines is 1. The molecule has 2 unspecified atom stereocenters. The first-order valence-corrected chi connectivity index (χ1v) is 23.4. The molecule has 4 aliphatic rings. The van der Waals surface area contributed by atoms with Crippen molar-refractivity contribution in [2.24, 2.45) is 0 Å². The molecule has 356 valence electrons. The Bertz CT molecular complexity index is 2700. The summed E-state index contributed by atoms with van der Waals surface area (Å²) in [5, 5.41) is 31.0. The normalized spacial score (nSPS) is 18.8. The lowest BCUT2D eigenvalue weighted by Gasteiger charge is -2.36. The number of hydrogen-bond acceptors (Lipinski definition) is 11. The number of rotatable bonds is 16. The predicted molar refractivity (Wildman–Crippen MR) is 251 cm³/mol. The number of imide groups is 1. The molecule has 9 rings (SSSR count). The molecule has 3 fully saturated rings. The zero-order valence-corrected chi connectivity index (χ0v) is 37.6. The van der Waals surface area contributed by atoms with Gasteiger partial charge in [0.15, 0.2) is 12.0 Å². The van der Waals surface area contributed by atoms with Crippen LogP contribution < -0.4 is 26.2 Å². The van der Waals surface area contributed by atoms with Crippen LogP contribution in [0.3, 0.4) is 0 Å². The van der Waals surface area contributed by atoms with E-state index in [1.807, 2.05) is 41.3 Å². The van der Waals surface area contributed by atoms with Crippen molar-refractivity contribution in [2.75, 3.05) is 66.8 Å². The molecule has 6 N–H and O–H groups in total. The molecule has 16 nitrogen and oxygen atoms in total. The van der Waals surface area contributed by atoms with Crippen molar-refractivity contribution in [3.8, 4) is 0 Å². The molecule has 0 saturated carbocycles. The molecule has 5 heterocycles. The van der Waals surface area contributed by atoms with Gasteiger partial charge in [-0.05, 0) is 104 Å². The number of nitrogens with one attached hydrogen (secondary N) is 5. The third-order valence-corrected chi connectivity index (χ3v) is 13.3. The smallest absolute Gasteiger partial charge is 0.258 e. The molecule has 5 amide bonds. The average Bonchev–Trinajstić information content (AvgIpc) is 3.83. The number of ether oxygens (including phenoxy) is 1.